The number of rotatable bonds is 3. The molecule has 0 atom stereocenters. The first-order valence-corrected chi connectivity index (χ1v) is 8.35. The first-order chi connectivity index (χ1) is 12.6. The van der Waals surface area contributed by atoms with Gasteiger partial charge in [0.15, 0.2) is 5.69 Å². The molecule has 134 valence electrons. The first-order valence-electron chi connectivity index (χ1n) is 8.35. The standard InChI is InChI=1S/C16H18N8O2/c1-22-7-9-23(10-8-22)16(25)12-13(11-5-3-2-4-6-11)24(21-18-12)15-14(17)19-26-20-15/h2-6H,7-10H2,1H3,(H2,17,19)/p+1. The van der Waals surface area contributed by atoms with E-state index in [0.717, 1.165) is 18.7 Å². The molecule has 3 aromatic rings. The molecular formula is C16H19N8O2+. The smallest absolute Gasteiger partial charge is 0.277 e. The Morgan fingerprint density at radius 1 is 1.19 bits per heavy atom. The predicted molar refractivity (Wildman–Crippen MR) is 91.6 cm³/mol. The zero-order chi connectivity index (χ0) is 18.1. The molecule has 1 fully saturated rings. The van der Waals surface area contributed by atoms with Crippen molar-refractivity contribution in [2.24, 2.45) is 0 Å². The second-order valence-electron chi connectivity index (χ2n) is 6.29. The number of piperazine rings is 1. The highest BCUT2D eigenvalue weighted by Gasteiger charge is 2.30. The van der Waals surface area contributed by atoms with E-state index in [1.165, 1.54) is 9.58 Å². The number of anilines is 1. The second-order valence-corrected chi connectivity index (χ2v) is 6.29. The van der Waals surface area contributed by atoms with Crippen molar-refractivity contribution in [3.05, 3.63) is 36.0 Å². The summed E-state index contributed by atoms with van der Waals surface area (Å²) in [6.07, 6.45) is 0. The maximum absolute atomic E-state index is 13.1. The summed E-state index contributed by atoms with van der Waals surface area (Å²) in [5.74, 6) is 0.130. The fourth-order valence-electron chi connectivity index (χ4n) is 3.01. The van der Waals surface area contributed by atoms with Crippen LogP contribution in [0.2, 0.25) is 0 Å². The summed E-state index contributed by atoms with van der Waals surface area (Å²) in [7, 11) is 2.12. The fourth-order valence-corrected chi connectivity index (χ4v) is 3.01. The van der Waals surface area contributed by atoms with Gasteiger partial charge in [-0.2, -0.15) is 4.68 Å². The van der Waals surface area contributed by atoms with Crippen molar-refractivity contribution in [3.63, 3.8) is 0 Å². The molecule has 1 amide bonds. The maximum atomic E-state index is 13.1. The van der Waals surface area contributed by atoms with Gasteiger partial charge in [0.25, 0.3) is 5.91 Å². The topological polar surface area (TPSA) is 120 Å². The molecule has 2 aromatic heterocycles. The van der Waals surface area contributed by atoms with Crippen LogP contribution in [-0.4, -0.2) is 69.3 Å². The zero-order valence-electron chi connectivity index (χ0n) is 14.3. The molecular weight excluding hydrogens is 336 g/mol. The number of amides is 1. The lowest BCUT2D eigenvalue weighted by Gasteiger charge is -2.29. The Morgan fingerprint density at radius 3 is 2.58 bits per heavy atom. The minimum absolute atomic E-state index is 0.0780. The monoisotopic (exact) mass is 355 g/mol. The second kappa shape index (κ2) is 6.56. The summed E-state index contributed by atoms with van der Waals surface area (Å²) in [5, 5.41) is 15.6. The molecule has 10 nitrogen and oxygen atoms in total. The lowest BCUT2D eigenvalue weighted by molar-refractivity contribution is -0.883. The van der Waals surface area contributed by atoms with Gasteiger partial charge in [0, 0.05) is 5.56 Å². The van der Waals surface area contributed by atoms with Gasteiger partial charge in [0.05, 0.1) is 33.2 Å². The van der Waals surface area contributed by atoms with Crippen LogP contribution in [0.15, 0.2) is 35.0 Å². The van der Waals surface area contributed by atoms with E-state index in [1.54, 1.807) is 4.90 Å². The molecule has 1 aromatic carbocycles. The quantitative estimate of drug-likeness (QED) is 0.610. The van der Waals surface area contributed by atoms with Gasteiger partial charge in [-0.05, 0) is 10.3 Å². The minimum Gasteiger partial charge on any atom is -0.378 e. The summed E-state index contributed by atoms with van der Waals surface area (Å²) >= 11 is 0. The summed E-state index contributed by atoms with van der Waals surface area (Å²) in [6.45, 7) is 3.17. The van der Waals surface area contributed by atoms with Gasteiger partial charge < -0.3 is 15.5 Å². The summed E-state index contributed by atoms with van der Waals surface area (Å²) in [5.41, 5.74) is 7.37. The number of quaternary nitrogens is 1. The highest BCUT2D eigenvalue weighted by Crippen LogP contribution is 2.27. The number of carbonyl (C=O) groups is 1. The Kier molecular flexibility index (Phi) is 4.09. The molecule has 26 heavy (non-hydrogen) atoms. The molecule has 1 saturated heterocycles. The molecule has 0 unspecified atom stereocenters. The van der Waals surface area contributed by atoms with Crippen molar-refractivity contribution in [2.45, 2.75) is 0 Å². The number of nitrogens with one attached hydrogen (secondary N) is 1. The van der Waals surface area contributed by atoms with Crippen molar-refractivity contribution in [2.75, 3.05) is 39.0 Å². The normalized spacial score (nSPS) is 15.3. The molecule has 0 saturated carbocycles. The molecule has 0 spiro atoms. The van der Waals surface area contributed by atoms with E-state index in [2.05, 4.69) is 32.3 Å². The van der Waals surface area contributed by atoms with Crippen LogP contribution in [0.1, 0.15) is 10.5 Å². The number of nitrogens with zero attached hydrogens (tertiary/aromatic N) is 6. The summed E-state index contributed by atoms with van der Waals surface area (Å²) < 4.78 is 6.08. The largest absolute Gasteiger partial charge is 0.378 e. The molecule has 4 rings (SSSR count). The molecule has 0 radical (unpaired) electrons. The summed E-state index contributed by atoms with van der Waals surface area (Å²) in [6, 6.07) is 9.41. The number of benzene rings is 1. The molecule has 0 bridgehead atoms. The SMILES string of the molecule is C[NH+]1CCN(C(=O)c2nnn(-c3nonc3N)c2-c2ccccc2)CC1. The zero-order valence-corrected chi connectivity index (χ0v) is 14.3. The average Bonchev–Trinajstić information content (AvgIpc) is 3.28. The van der Waals surface area contributed by atoms with Crippen LogP contribution in [0, 0.1) is 0 Å². The lowest BCUT2D eigenvalue weighted by atomic mass is 10.1. The Morgan fingerprint density at radius 2 is 1.92 bits per heavy atom. The Bertz CT molecular complexity index is 911. The van der Waals surface area contributed by atoms with Gasteiger partial charge in [-0.1, -0.05) is 35.5 Å². The van der Waals surface area contributed by atoms with E-state index in [-0.39, 0.29) is 23.2 Å². The Hall–Kier alpha value is -3.27. The van der Waals surface area contributed by atoms with E-state index in [9.17, 15) is 4.79 Å². The highest BCUT2D eigenvalue weighted by atomic mass is 16.6. The van der Waals surface area contributed by atoms with Gasteiger partial charge in [0.2, 0.25) is 11.6 Å². The number of nitrogen functional groups attached to an aromatic ring is 1. The fraction of sp³-hybridized carbons (Fsp3) is 0.312. The molecule has 1 aliphatic heterocycles. The predicted octanol–water partition coefficient (Wildman–Crippen LogP) is -1.13. The van der Waals surface area contributed by atoms with E-state index in [0.29, 0.717) is 18.8 Å². The number of likely N-dealkylation sites (N-methyl/N-ethyl adjacent to an activating group) is 1. The van der Waals surface area contributed by atoms with Gasteiger partial charge in [0.1, 0.15) is 5.69 Å². The maximum Gasteiger partial charge on any atom is 0.277 e. The van der Waals surface area contributed by atoms with Crippen molar-refractivity contribution in [1.29, 1.82) is 0 Å². The van der Waals surface area contributed by atoms with Gasteiger partial charge in [-0.3, -0.25) is 4.79 Å². The van der Waals surface area contributed by atoms with Crippen LogP contribution in [-0.2, 0) is 0 Å². The molecule has 10 heteroatoms. The van der Waals surface area contributed by atoms with E-state index in [1.807, 2.05) is 30.3 Å². The number of hydrogen-bond donors (Lipinski definition) is 2. The minimum atomic E-state index is -0.155. The molecule has 3 N–H and O–H groups in total. The molecule has 0 aliphatic carbocycles. The van der Waals surface area contributed by atoms with Crippen LogP contribution >= 0.6 is 0 Å². The van der Waals surface area contributed by atoms with Crippen molar-refractivity contribution < 1.29 is 14.3 Å². The van der Waals surface area contributed by atoms with Gasteiger partial charge in [-0.15, -0.1) is 5.10 Å². The van der Waals surface area contributed by atoms with E-state index in [4.69, 9.17) is 5.73 Å². The Labute approximate surface area is 149 Å². The van der Waals surface area contributed by atoms with Crippen LogP contribution in [0.25, 0.3) is 17.1 Å². The van der Waals surface area contributed by atoms with Gasteiger partial charge >= 0.3 is 0 Å². The number of hydrogen-bond acceptors (Lipinski definition) is 7. The van der Waals surface area contributed by atoms with Crippen LogP contribution < -0.4 is 10.6 Å². The summed E-state index contributed by atoms with van der Waals surface area (Å²) in [4.78, 5) is 16.3. The number of aromatic nitrogens is 5. The number of carbonyl (C=O) groups excluding carboxylic acids is 1. The first kappa shape index (κ1) is 16.2. The van der Waals surface area contributed by atoms with E-state index >= 15 is 0 Å². The molecule has 1 aliphatic rings. The number of nitrogens with two attached hydrogens (primary N) is 1. The van der Waals surface area contributed by atoms with Gasteiger partial charge in [-0.25, -0.2) is 4.63 Å². The third kappa shape index (κ3) is 2.80. The van der Waals surface area contributed by atoms with Crippen LogP contribution in [0.4, 0.5) is 5.82 Å². The van der Waals surface area contributed by atoms with Crippen LogP contribution in [0.3, 0.4) is 0 Å². The van der Waals surface area contributed by atoms with E-state index < -0.39 is 0 Å². The molecule has 3 heterocycles. The van der Waals surface area contributed by atoms with Crippen LogP contribution in [0.5, 0.6) is 0 Å². The average molecular weight is 355 g/mol. The third-order valence-corrected chi connectivity index (χ3v) is 4.52. The van der Waals surface area contributed by atoms with Crippen molar-refractivity contribution in [3.8, 4) is 17.1 Å². The van der Waals surface area contributed by atoms with Crippen molar-refractivity contribution >= 4 is 11.7 Å². The highest BCUT2D eigenvalue weighted by molar-refractivity contribution is 5.98. The van der Waals surface area contributed by atoms with Crippen molar-refractivity contribution in [1.82, 2.24) is 30.2 Å². The third-order valence-electron chi connectivity index (χ3n) is 4.52. The Balaban J connectivity index is 1.79. The lowest BCUT2D eigenvalue weighted by Crippen LogP contribution is -3.12.